The van der Waals surface area contributed by atoms with Crippen LogP contribution in [0.1, 0.15) is 21.5 Å². The lowest BCUT2D eigenvalue weighted by Gasteiger charge is -2.11. The number of hydrogen-bond donors (Lipinski definition) is 3. The lowest BCUT2D eigenvalue weighted by molar-refractivity contribution is 0.0977. The second-order valence-electron chi connectivity index (χ2n) is 8.67. The average Bonchev–Trinajstić information content (AvgIpc) is 2.95. The first-order chi connectivity index (χ1) is 18.9. The number of thiocarbonyl (C=S) groups is 1. The van der Waals surface area contributed by atoms with E-state index in [0.717, 1.165) is 12.0 Å². The highest BCUT2D eigenvalue weighted by Gasteiger charge is 2.14. The van der Waals surface area contributed by atoms with Gasteiger partial charge in [-0.2, -0.15) is 0 Å². The Morgan fingerprint density at radius 1 is 0.744 bits per heavy atom. The Balaban J connectivity index is 1.22. The van der Waals surface area contributed by atoms with E-state index >= 15 is 0 Å². The van der Waals surface area contributed by atoms with E-state index < -0.39 is 10.0 Å². The Morgan fingerprint density at radius 3 is 1.95 bits per heavy atom. The number of carbonyl (C=O) groups excluding carboxylic acids is 1. The second kappa shape index (κ2) is 13.7. The van der Waals surface area contributed by atoms with Crippen molar-refractivity contribution in [3.8, 4) is 5.75 Å². The SMILES string of the molecule is O=C(NC(=S)Nc1ccc(S(=O)(=O)NCCc2ccccc2)cc1)c1ccc(OCCc2ccccc2)cc1. The normalized spacial score (nSPS) is 11.0. The van der Waals surface area contributed by atoms with E-state index in [1.54, 1.807) is 36.4 Å². The molecule has 39 heavy (non-hydrogen) atoms. The molecule has 9 heteroatoms. The van der Waals surface area contributed by atoms with Crippen LogP contribution in [-0.2, 0) is 22.9 Å². The summed E-state index contributed by atoms with van der Waals surface area (Å²) in [6.07, 6.45) is 1.39. The summed E-state index contributed by atoms with van der Waals surface area (Å²) >= 11 is 5.25. The van der Waals surface area contributed by atoms with Gasteiger partial charge in [0.25, 0.3) is 5.91 Å². The zero-order valence-corrected chi connectivity index (χ0v) is 22.8. The van der Waals surface area contributed by atoms with Crippen LogP contribution < -0.4 is 20.1 Å². The van der Waals surface area contributed by atoms with Crippen LogP contribution in [0, 0.1) is 0 Å². The molecule has 7 nitrogen and oxygen atoms in total. The van der Waals surface area contributed by atoms with E-state index in [9.17, 15) is 13.2 Å². The lowest BCUT2D eigenvalue weighted by atomic mass is 10.2. The van der Waals surface area contributed by atoms with Gasteiger partial charge in [0.05, 0.1) is 11.5 Å². The molecule has 0 spiro atoms. The highest BCUT2D eigenvalue weighted by Crippen LogP contribution is 2.15. The standard InChI is InChI=1S/C30H29N3O4S2/c34-29(25-11-15-27(16-12-25)37-22-20-24-9-5-2-6-10-24)33-30(38)32-26-13-17-28(18-14-26)39(35,36)31-21-19-23-7-3-1-4-8-23/h1-18,31H,19-22H2,(H2,32,33,34,38). The second-order valence-corrected chi connectivity index (χ2v) is 10.8. The van der Waals surface area contributed by atoms with Gasteiger partial charge in [-0.05, 0) is 78.3 Å². The number of nitrogens with one attached hydrogen (secondary N) is 3. The predicted molar refractivity (Wildman–Crippen MR) is 158 cm³/mol. The number of amides is 1. The van der Waals surface area contributed by atoms with Crippen molar-refractivity contribution < 1.29 is 17.9 Å². The highest BCUT2D eigenvalue weighted by molar-refractivity contribution is 7.89. The van der Waals surface area contributed by atoms with Crippen molar-refractivity contribution in [1.82, 2.24) is 10.0 Å². The van der Waals surface area contributed by atoms with E-state index in [1.807, 2.05) is 48.5 Å². The molecule has 0 fully saturated rings. The van der Waals surface area contributed by atoms with Crippen LogP contribution >= 0.6 is 12.2 Å². The first-order valence-electron chi connectivity index (χ1n) is 12.4. The molecular formula is C30H29N3O4S2. The van der Waals surface area contributed by atoms with Crippen LogP contribution in [0.15, 0.2) is 114 Å². The summed E-state index contributed by atoms with van der Waals surface area (Å²) < 4.78 is 33.5. The summed E-state index contributed by atoms with van der Waals surface area (Å²) in [4.78, 5) is 12.7. The number of carbonyl (C=O) groups is 1. The molecule has 0 aliphatic carbocycles. The van der Waals surface area contributed by atoms with E-state index in [4.69, 9.17) is 17.0 Å². The van der Waals surface area contributed by atoms with Crippen molar-refractivity contribution in [2.75, 3.05) is 18.5 Å². The molecule has 0 atom stereocenters. The maximum absolute atomic E-state index is 12.6. The van der Waals surface area contributed by atoms with Crippen molar-refractivity contribution in [3.05, 3.63) is 126 Å². The van der Waals surface area contributed by atoms with Gasteiger partial charge in [0.1, 0.15) is 5.75 Å². The van der Waals surface area contributed by atoms with E-state index in [-0.39, 0.29) is 15.9 Å². The zero-order valence-electron chi connectivity index (χ0n) is 21.2. The molecule has 0 radical (unpaired) electrons. The van der Waals surface area contributed by atoms with Gasteiger partial charge in [0.2, 0.25) is 10.0 Å². The van der Waals surface area contributed by atoms with Gasteiger partial charge >= 0.3 is 0 Å². The number of benzene rings is 4. The van der Waals surface area contributed by atoms with Gasteiger partial charge in [-0.1, -0.05) is 60.7 Å². The number of sulfonamides is 1. The first kappa shape index (κ1) is 28.0. The summed E-state index contributed by atoms with van der Waals surface area (Å²) in [7, 11) is -3.65. The van der Waals surface area contributed by atoms with Crippen molar-refractivity contribution >= 4 is 38.9 Å². The lowest BCUT2D eigenvalue weighted by Crippen LogP contribution is -2.34. The van der Waals surface area contributed by atoms with Crippen molar-refractivity contribution in [2.24, 2.45) is 0 Å². The molecule has 4 aromatic rings. The fourth-order valence-electron chi connectivity index (χ4n) is 3.75. The minimum absolute atomic E-state index is 0.0970. The van der Waals surface area contributed by atoms with E-state index in [1.165, 1.54) is 17.7 Å². The van der Waals surface area contributed by atoms with Gasteiger partial charge < -0.3 is 10.1 Å². The van der Waals surface area contributed by atoms with E-state index in [0.29, 0.717) is 36.6 Å². The summed E-state index contributed by atoms with van der Waals surface area (Å²) in [5.41, 5.74) is 3.22. The van der Waals surface area contributed by atoms with Crippen LogP contribution in [0.4, 0.5) is 5.69 Å². The summed E-state index contributed by atoms with van der Waals surface area (Å²) in [5.74, 6) is 0.304. The highest BCUT2D eigenvalue weighted by atomic mass is 32.2. The van der Waals surface area contributed by atoms with Crippen LogP contribution in [-0.4, -0.2) is 32.6 Å². The average molecular weight is 560 g/mol. The van der Waals surface area contributed by atoms with Gasteiger partial charge in [-0.3, -0.25) is 10.1 Å². The molecule has 0 saturated carbocycles. The Hall–Kier alpha value is -4.05. The maximum Gasteiger partial charge on any atom is 0.257 e. The molecule has 1 amide bonds. The Morgan fingerprint density at radius 2 is 1.33 bits per heavy atom. The maximum atomic E-state index is 12.6. The van der Waals surface area contributed by atoms with Crippen molar-refractivity contribution in [3.63, 3.8) is 0 Å². The number of hydrogen-bond acceptors (Lipinski definition) is 5. The molecule has 4 aromatic carbocycles. The third-order valence-electron chi connectivity index (χ3n) is 5.82. The molecule has 4 rings (SSSR count). The van der Waals surface area contributed by atoms with Crippen molar-refractivity contribution in [2.45, 2.75) is 17.7 Å². The smallest absolute Gasteiger partial charge is 0.257 e. The first-order valence-corrected chi connectivity index (χ1v) is 14.3. The molecule has 200 valence electrons. The molecule has 0 heterocycles. The molecule has 0 bridgehead atoms. The molecule has 0 saturated heterocycles. The zero-order chi connectivity index (χ0) is 27.5. The van der Waals surface area contributed by atoms with E-state index in [2.05, 4.69) is 27.5 Å². The number of anilines is 1. The fourth-order valence-corrected chi connectivity index (χ4v) is 4.99. The van der Waals surface area contributed by atoms with Crippen molar-refractivity contribution in [1.29, 1.82) is 0 Å². The Bertz CT molecular complexity index is 1480. The number of ether oxygens (including phenoxy) is 1. The molecule has 0 aliphatic rings. The Kier molecular flexibility index (Phi) is 9.80. The largest absolute Gasteiger partial charge is 0.493 e. The molecule has 0 aliphatic heterocycles. The van der Waals surface area contributed by atoms with Gasteiger partial charge in [-0.15, -0.1) is 0 Å². The third kappa shape index (κ3) is 8.75. The summed E-state index contributed by atoms with van der Waals surface area (Å²) in [6, 6.07) is 32.7. The minimum atomic E-state index is -3.65. The molecular weight excluding hydrogens is 530 g/mol. The molecule has 0 unspecified atom stereocenters. The van der Waals surface area contributed by atoms with Crippen LogP contribution in [0.25, 0.3) is 0 Å². The third-order valence-corrected chi connectivity index (χ3v) is 7.50. The van der Waals surface area contributed by atoms with Crippen LogP contribution in [0.3, 0.4) is 0 Å². The number of rotatable bonds is 11. The van der Waals surface area contributed by atoms with Gasteiger partial charge in [0.15, 0.2) is 5.11 Å². The minimum Gasteiger partial charge on any atom is -0.493 e. The summed E-state index contributed by atoms with van der Waals surface area (Å²) in [6.45, 7) is 0.830. The topological polar surface area (TPSA) is 96.5 Å². The summed E-state index contributed by atoms with van der Waals surface area (Å²) in [5, 5.41) is 5.62. The quantitative estimate of drug-likeness (QED) is 0.225. The van der Waals surface area contributed by atoms with Crippen LogP contribution in [0.5, 0.6) is 5.75 Å². The Labute approximate surface area is 234 Å². The van der Waals surface area contributed by atoms with Gasteiger partial charge in [-0.25, -0.2) is 13.1 Å². The van der Waals surface area contributed by atoms with Crippen LogP contribution in [0.2, 0.25) is 0 Å². The monoisotopic (exact) mass is 559 g/mol. The predicted octanol–water partition coefficient (Wildman–Crippen LogP) is 4.96. The molecule has 0 aromatic heterocycles. The fraction of sp³-hybridized carbons (Fsp3) is 0.133. The molecule has 3 N–H and O–H groups in total. The van der Waals surface area contributed by atoms with Gasteiger partial charge in [0, 0.05) is 24.2 Å².